The fourth-order valence-electron chi connectivity index (χ4n) is 4.08. The van der Waals surface area contributed by atoms with Crippen LogP contribution in [0.2, 0.25) is 0 Å². The zero-order chi connectivity index (χ0) is 23.2. The number of anilines is 1. The number of fused-ring (bicyclic) bond motifs is 2. The van der Waals surface area contributed by atoms with E-state index in [0.717, 1.165) is 0 Å². The van der Waals surface area contributed by atoms with Gasteiger partial charge in [-0.05, 0) is 23.8 Å². The first-order chi connectivity index (χ1) is 16.6. The molecule has 6 rings (SSSR count). The van der Waals surface area contributed by atoms with Gasteiger partial charge in [-0.2, -0.15) is 10.2 Å². The summed E-state index contributed by atoms with van der Waals surface area (Å²) in [6.07, 6.45) is 4.67. The van der Waals surface area contributed by atoms with Crippen molar-refractivity contribution in [2.75, 3.05) is 5.73 Å². The summed E-state index contributed by atoms with van der Waals surface area (Å²) in [7, 11) is 0. The Kier molecular flexibility index (Phi) is 4.44. The van der Waals surface area contributed by atoms with E-state index in [9.17, 15) is 9.18 Å². The summed E-state index contributed by atoms with van der Waals surface area (Å²) in [5.41, 5.74) is 8.82. The van der Waals surface area contributed by atoms with Crippen molar-refractivity contribution in [3.63, 3.8) is 0 Å². The maximum Gasteiger partial charge on any atom is 0.200 e. The highest BCUT2D eigenvalue weighted by Gasteiger charge is 2.22. The molecule has 6 aromatic rings. The molecule has 0 aliphatic heterocycles. The summed E-state index contributed by atoms with van der Waals surface area (Å²) < 4.78 is 21.7. The second-order valence-corrected chi connectivity index (χ2v) is 7.69. The first kappa shape index (κ1) is 19.8. The van der Waals surface area contributed by atoms with Crippen LogP contribution in [0.15, 0.2) is 76.5 Å². The van der Waals surface area contributed by atoms with Gasteiger partial charge in [0.2, 0.25) is 5.43 Å². The number of nitrogens with two attached hydrogens (primary N) is 1. The Morgan fingerprint density at radius 2 is 1.94 bits per heavy atom. The Labute approximate surface area is 190 Å². The lowest BCUT2D eigenvalue weighted by Gasteiger charge is -2.11. The number of nitrogens with one attached hydrogen (secondary N) is 1. The second kappa shape index (κ2) is 7.62. The maximum atomic E-state index is 13.9. The molecule has 3 N–H and O–H groups in total. The van der Waals surface area contributed by atoms with Crippen molar-refractivity contribution in [1.82, 2.24) is 29.9 Å². The molecule has 34 heavy (non-hydrogen) atoms. The average Bonchev–Trinajstić information content (AvgIpc) is 3.50. The molecule has 2 aromatic carbocycles. The van der Waals surface area contributed by atoms with Crippen LogP contribution in [0.4, 0.5) is 10.2 Å². The van der Waals surface area contributed by atoms with Crippen LogP contribution < -0.4 is 11.2 Å². The van der Waals surface area contributed by atoms with Crippen LogP contribution in [-0.2, 0) is 6.54 Å². The summed E-state index contributed by atoms with van der Waals surface area (Å²) in [5.74, 6) is 0.114. The van der Waals surface area contributed by atoms with Gasteiger partial charge in [0.05, 0.1) is 22.5 Å². The van der Waals surface area contributed by atoms with Crippen molar-refractivity contribution < 1.29 is 8.81 Å². The highest BCUT2D eigenvalue weighted by Crippen LogP contribution is 2.31. The van der Waals surface area contributed by atoms with Gasteiger partial charge < -0.3 is 10.2 Å². The standard InChI is InChI=1S/C24H16FN7O2/c25-15-6-7-17-16(8-15)22(33)19(13-4-2-1-3-5-13)18(34-17)11-32-24-20(23(26)27-12-28-24)21(31-32)14-9-29-30-10-14/h1-10,12H,11H2,(H,29,30)(H2,26,27,28). The fourth-order valence-corrected chi connectivity index (χ4v) is 4.08. The Balaban J connectivity index is 1.61. The summed E-state index contributed by atoms with van der Waals surface area (Å²) >= 11 is 0. The minimum atomic E-state index is -0.512. The Morgan fingerprint density at radius 3 is 2.74 bits per heavy atom. The molecule has 0 fully saturated rings. The van der Waals surface area contributed by atoms with Gasteiger partial charge in [-0.25, -0.2) is 19.0 Å². The Bertz CT molecular complexity index is 1720. The molecule has 0 bridgehead atoms. The third kappa shape index (κ3) is 3.12. The molecule has 0 spiro atoms. The molecule has 0 aliphatic carbocycles. The molecule has 0 atom stereocenters. The molecule has 0 saturated carbocycles. The van der Waals surface area contributed by atoms with Crippen LogP contribution in [0.25, 0.3) is 44.4 Å². The van der Waals surface area contributed by atoms with Crippen LogP contribution in [0, 0.1) is 5.82 Å². The number of rotatable bonds is 4. The first-order valence-electron chi connectivity index (χ1n) is 10.4. The highest BCUT2D eigenvalue weighted by molar-refractivity contribution is 5.98. The summed E-state index contributed by atoms with van der Waals surface area (Å²) in [4.78, 5) is 22.0. The van der Waals surface area contributed by atoms with E-state index in [1.807, 2.05) is 18.2 Å². The van der Waals surface area contributed by atoms with Crippen molar-refractivity contribution in [2.45, 2.75) is 6.54 Å². The molecule has 0 unspecified atom stereocenters. The van der Waals surface area contributed by atoms with E-state index in [2.05, 4.69) is 20.2 Å². The van der Waals surface area contributed by atoms with E-state index in [0.29, 0.717) is 39.2 Å². The lowest BCUT2D eigenvalue weighted by molar-refractivity contribution is 0.505. The largest absolute Gasteiger partial charge is 0.458 e. The topological polar surface area (TPSA) is 129 Å². The van der Waals surface area contributed by atoms with Gasteiger partial charge in [0, 0.05) is 11.8 Å². The van der Waals surface area contributed by atoms with Crippen molar-refractivity contribution in [2.24, 2.45) is 0 Å². The van der Waals surface area contributed by atoms with Crippen LogP contribution in [-0.4, -0.2) is 29.9 Å². The smallest absolute Gasteiger partial charge is 0.200 e. The van der Waals surface area contributed by atoms with Crippen molar-refractivity contribution in [1.29, 1.82) is 0 Å². The number of hydrogen-bond donors (Lipinski definition) is 2. The van der Waals surface area contributed by atoms with Crippen molar-refractivity contribution in [3.8, 4) is 22.4 Å². The third-order valence-corrected chi connectivity index (χ3v) is 5.61. The van der Waals surface area contributed by atoms with Gasteiger partial charge in [-0.15, -0.1) is 0 Å². The fraction of sp³-hybridized carbons (Fsp3) is 0.0417. The molecule has 0 saturated heterocycles. The van der Waals surface area contributed by atoms with Gasteiger partial charge in [-0.1, -0.05) is 30.3 Å². The number of hydrogen-bond acceptors (Lipinski definition) is 7. The minimum Gasteiger partial charge on any atom is -0.458 e. The number of nitrogen functional groups attached to an aromatic ring is 1. The zero-order valence-corrected chi connectivity index (χ0v) is 17.6. The van der Waals surface area contributed by atoms with Crippen LogP contribution in [0.1, 0.15) is 5.76 Å². The second-order valence-electron chi connectivity index (χ2n) is 7.69. The predicted molar refractivity (Wildman–Crippen MR) is 124 cm³/mol. The lowest BCUT2D eigenvalue weighted by Crippen LogP contribution is -2.13. The third-order valence-electron chi connectivity index (χ3n) is 5.61. The van der Waals surface area contributed by atoms with E-state index in [4.69, 9.17) is 15.2 Å². The van der Waals surface area contributed by atoms with Crippen molar-refractivity contribution in [3.05, 3.63) is 89.1 Å². The van der Waals surface area contributed by atoms with E-state index in [1.165, 1.54) is 24.5 Å². The molecule has 4 heterocycles. The molecule has 4 aromatic heterocycles. The van der Waals surface area contributed by atoms with Crippen LogP contribution >= 0.6 is 0 Å². The van der Waals surface area contributed by atoms with Gasteiger partial charge in [0.15, 0.2) is 5.65 Å². The lowest BCUT2D eigenvalue weighted by atomic mass is 10.0. The van der Waals surface area contributed by atoms with Gasteiger partial charge >= 0.3 is 0 Å². The molecule has 166 valence electrons. The van der Waals surface area contributed by atoms with Gasteiger partial charge in [-0.3, -0.25) is 9.89 Å². The van der Waals surface area contributed by atoms with Gasteiger partial charge in [0.25, 0.3) is 0 Å². The SMILES string of the molecule is Nc1ncnc2c1c(-c1cn[nH]c1)nn2Cc1oc2ccc(F)cc2c(=O)c1-c1ccccc1. The number of halogens is 1. The number of benzene rings is 2. The minimum absolute atomic E-state index is 0.0809. The van der Waals surface area contributed by atoms with E-state index < -0.39 is 5.82 Å². The van der Waals surface area contributed by atoms with E-state index in [-0.39, 0.29) is 28.8 Å². The zero-order valence-electron chi connectivity index (χ0n) is 17.6. The summed E-state index contributed by atoms with van der Waals surface area (Å²) in [6.45, 7) is 0.0809. The highest BCUT2D eigenvalue weighted by atomic mass is 19.1. The van der Waals surface area contributed by atoms with Gasteiger partial charge in [0.1, 0.15) is 41.5 Å². The molecule has 10 heteroatoms. The molecular weight excluding hydrogens is 437 g/mol. The van der Waals surface area contributed by atoms with E-state index in [1.54, 1.807) is 29.2 Å². The number of H-pyrrole nitrogens is 1. The molecule has 9 nitrogen and oxygen atoms in total. The monoisotopic (exact) mass is 453 g/mol. The summed E-state index contributed by atoms with van der Waals surface area (Å²) in [5, 5.41) is 12.2. The number of nitrogens with zero attached hydrogens (tertiary/aromatic N) is 5. The molecule has 0 radical (unpaired) electrons. The Hall–Kier alpha value is -4.86. The summed E-state index contributed by atoms with van der Waals surface area (Å²) in [6, 6.07) is 13.0. The molecule has 0 amide bonds. The van der Waals surface area contributed by atoms with E-state index >= 15 is 0 Å². The number of aromatic amines is 1. The number of aromatic nitrogens is 6. The quantitative estimate of drug-likeness (QED) is 0.416. The first-order valence-corrected chi connectivity index (χ1v) is 10.4. The molecule has 0 aliphatic rings. The normalized spacial score (nSPS) is 11.4. The maximum absolute atomic E-state index is 13.9. The van der Waals surface area contributed by atoms with Crippen LogP contribution in [0.5, 0.6) is 0 Å². The van der Waals surface area contributed by atoms with Crippen molar-refractivity contribution >= 4 is 27.8 Å². The predicted octanol–water partition coefficient (Wildman–Crippen LogP) is 3.76. The van der Waals surface area contributed by atoms with Crippen LogP contribution in [0.3, 0.4) is 0 Å². The molecular formula is C24H16FN7O2. The Morgan fingerprint density at radius 1 is 1.09 bits per heavy atom. The average molecular weight is 453 g/mol.